The van der Waals surface area contributed by atoms with Crippen LogP contribution in [0.1, 0.15) is 18.2 Å². The van der Waals surface area contributed by atoms with Gasteiger partial charge in [-0.05, 0) is 39.0 Å². The summed E-state index contributed by atoms with van der Waals surface area (Å²) in [6.45, 7) is 6.83. The number of imidazole rings is 1. The molecule has 0 saturated carbocycles. The minimum atomic E-state index is -3.73. The summed E-state index contributed by atoms with van der Waals surface area (Å²) in [5.74, 6) is 0.441. The van der Waals surface area contributed by atoms with Gasteiger partial charge in [0.05, 0.1) is 4.90 Å². The largest absolute Gasteiger partial charge is 0.344 e. The van der Waals surface area contributed by atoms with E-state index in [0.717, 1.165) is 34.3 Å². The fourth-order valence-electron chi connectivity index (χ4n) is 3.61. The molecule has 0 saturated heterocycles. The van der Waals surface area contributed by atoms with Gasteiger partial charge in [-0.3, -0.25) is 0 Å². The molecule has 4 rings (SSSR count). The molecule has 0 bridgehead atoms. The Kier molecular flexibility index (Phi) is 4.15. The van der Waals surface area contributed by atoms with Gasteiger partial charge in [-0.25, -0.2) is 17.4 Å². The molecule has 0 amide bonds. The summed E-state index contributed by atoms with van der Waals surface area (Å²) < 4.78 is 29.9. The van der Waals surface area contributed by atoms with E-state index in [2.05, 4.69) is 22.5 Å². The maximum Gasteiger partial charge on any atom is 0.269 e. The number of nitrogens with zero attached hydrogens (tertiary/aromatic N) is 3. The highest BCUT2D eigenvalue weighted by molar-refractivity contribution is 7.90. The molecule has 0 unspecified atom stereocenters. The van der Waals surface area contributed by atoms with Crippen molar-refractivity contribution in [1.29, 1.82) is 0 Å². The second-order valence-electron chi connectivity index (χ2n) is 6.59. The Labute approximate surface area is 159 Å². The third-order valence-corrected chi connectivity index (χ3v) is 6.64. The van der Waals surface area contributed by atoms with Gasteiger partial charge in [-0.2, -0.15) is 0 Å². The molecule has 4 aromatic rings. The molecule has 0 radical (unpaired) electrons. The molecule has 0 spiro atoms. The van der Waals surface area contributed by atoms with Crippen LogP contribution < -0.4 is 0 Å². The van der Waals surface area contributed by atoms with Crippen molar-refractivity contribution in [3.05, 3.63) is 72.2 Å². The van der Waals surface area contributed by atoms with Crippen LogP contribution in [0.2, 0.25) is 0 Å². The number of hydrogen-bond acceptors (Lipinski definition) is 3. The van der Waals surface area contributed by atoms with E-state index < -0.39 is 10.0 Å². The van der Waals surface area contributed by atoms with E-state index in [1.54, 1.807) is 30.5 Å². The van der Waals surface area contributed by atoms with Crippen molar-refractivity contribution in [2.45, 2.75) is 32.2 Å². The summed E-state index contributed by atoms with van der Waals surface area (Å²) in [5.41, 5.74) is 3.95. The Morgan fingerprint density at radius 3 is 2.41 bits per heavy atom. The number of benzene rings is 2. The Morgan fingerprint density at radius 2 is 1.70 bits per heavy atom. The van der Waals surface area contributed by atoms with E-state index in [9.17, 15) is 8.42 Å². The van der Waals surface area contributed by atoms with Crippen LogP contribution in [-0.2, 0) is 16.6 Å². The number of aromatic nitrogens is 3. The van der Waals surface area contributed by atoms with Crippen molar-refractivity contribution in [1.82, 2.24) is 13.5 Å². The van der Waals surface area contributed by atoms with Crippen molar-refractivity contribution >= 4 is 20.9 Å². The Balaban J connectivity index is 1.98. The first-order valence-corrected chi connectivity index (χ1v) is 10.3. The van der Waals surface area contributed by atoms with Crippen LogP contribution in [-0.4, -0.2) is 21.9 Å². The molecule has 0 fully saturated rings. The van der Waals surface area contributed by atoms with Gasteiger partial charge in [0.2, 0.25) is 0 Å². The van der Waals surface area contributed by atoms with Gasteiger partial charge in [0.15, 0.2) is 5.82 Å². The number of para-hydroxylation sites is 1. The number of hydrogen-bond donors (Lipinski definition) is 0. The predicted octanol–water partition coefficient (Wildman–Crippen LogP) is 4.38. The Hall–Kier alpha value is -2.86. The van der Waals surface area contributed by atoms with Crippen LogP contribution in [0.4, 0.5) is 0 Å². The van der Waals surface area contributed by atoms with Crippen molar-refractivity contribution in [2.75, 3.05) is 0 Å². The zero-order valence-corrected chi connectivity index (χ0v) is 16.4. The molecule has 27 heavy (non-hydrogen) atoms. The lowest BCUT2D eigenvalue weighted by molar-refractivity contribution is 0.588. The average molecular weight is 379 g/mol. The van der Waals surface area contributed by atoms with E-state index in [-0.39, 0.29) is 4.90 Å². The van der Waals surface area contributed by atoms with Gasteiger partial charge in [0.25, 0.3) is 10.0 Å². The topological polar surface area (TPSA) is 56.9 Å². The van der Waals surface area contributed by atoms with Crippen LogP contribution in [0.5, 0.6) is 0 Å². The first-order valence-electron chi connectivity index (χ1n) is 8.89. The van der Waals surface area contributed by atoms with Crippen LogP contribution >= 0.6 is 0 Å². The monoisotopic (exact) mass is 379 g/mol. The molecule has 6 heteroatoms. The standard InChI is InChI=1S/C21H21N3O2S/c1-4-23-16(3)20(18-7-5-6-8-19(18)23)21-22-13-14-24(21)27(25,26)17-11-9-15(2)10-12-17/h5-14H,4H2,1-3H3. The Bertz CT molecular complexity index is 1230. The van der Waals surface area contributed by atoms with Gasteiger partial charge in [0.1, 0.15) is 0 Å². The summed E-state index contributed by atoms with van der Waals surface area (Å²) in [6, 6.07) is 14.9. The summed E-state index contributed by atoms with van der Waals surface area (Å²) >= 11 is 0. The molecule has 2 heterocycles. The van der Waals surface area contributed by atoms with E-state index >= 15 is 0 Å². The summed E-state index contributed by atoms with van der Waals surface area (Å²) in [6.07, 6.45) is 3.06. The van der Waals surface area contributed by atoms with E-state index in [4.69, 9.17) is 0 Å². The fraction of sp³-hybridized carbons (Fsp3) is 0.190. The minimum absolute atomic E-state index is 0.254. The Morgan fingerprint density at radius 1 is 1.00 bits per heavy atom. The highest BCUT2D eigenvalue weighted by atomic mass is 32.2. The van der Waals surface area contributed by atoms with Gasteiger partial charge >= 0.3 is 0 Å². The lowest BCUT2D eigenvalue weighted by atomic mass is 10.1. The lowest BCUT2D eigenvalue weighted by Crippen LogP contribution is -2.14. The summed E-state index contributed by atoms with van der Waals surface area (Å²) in [7, 11) is -3.73. The first-order chi connectivity index (χ1) is 12.9. The second kappa shape index (κ2) is 6.39. The van der Waals surface area contributed by atoms with Gasteiger partial charge in [-0.1, -0.05) is 35.9 Å². The van der Waals surface area contributed by atoms with Crippen molar-refractivity contribution in [3.8, 4) is 11.4 Å². The lowest BCUT2D eigenvalue weighted by Gasteiger charge is -2.10. The maximum absolute atomic E-state index is 13.2. The second-order valence-corrected chi connectivity index (χ2v) is 8.40. The fourth-order valence-corrected chi connectivity index (χ4v) is 4.89. The molecule has 0 N–H and O–H groups in total. The van der Waals surface area contributed by atoms with Crippen LogP contribution in [0, 0.1) is 13.8 Å². The quantitative estimate of drug-likeness (QED) is 0.529. The number of fused-ring (bicyclic) bond motifs is 1. The first kappa shape index (κ1) is 17.5. The average Bonchev–Trinajstić information content (AvgIpc) is 3.24. The number of rotatable bonds is 4. The SMILES string of the molecule is CCn1c(C)c(-c2nccn2S(=O)(=O)c2ccc(C)cc2)c2ccccc21. The molecular weight excluding hydrogens is 358 g/mol. The van der Waals surface area contributed by atoms with Gasteiger partial charge < -0.3 is 4.57 Å². The molecule has 2 aromatic carbocycles. The molecule has 0 aliphatic rings. The third kappa shape index (κ3) is 2.68. The highest BCUT2D eigenvalue weighted by Gasteiger charge is 2.25. The normalized spacial score (nSPS) is 12.0. The minimum Gasteiger partial charge on any atom is -0.344 e. The predicted molar refractivity (Wildman–Crippen MR) is 107 cm³/mol. The van der Waals surface area contributed by atoms with Crippen molar-refractivity contribution in [2.24, 2.45) is 0 Å². The van der Waals surface area contributed by atoms with E-state index in [1.807, 2.05) is 32.0 Å². The molecule has 5 nitrogen and oxygen atoms in total. The van der Waals surface area contributed by atoms with Crippen molar-refractivity contribution < 1.29 is 8.42 Å². The van der Waals surface area contributed by atoms with Crippen molar-refractivity contribution in [3.63, 3.8) is 0 Å². The van der Waals surface area contributed by atoms with Crippen LogP contribution in [0.15, 0.2) is 65.8 Å². The summed E-state index contributed by atoms with van der Waals surface area (Å²) in [5, 5.41) is 1.00. The van der Waals surface area contributed by atoms with Gasteiger partial charge in [0, 0.05) is 41.1 Å². The number of aryl methyl sites for hydroxylation is 2. The zero-order chi connectivity index (χ0) is 19.2. The summed E-state index contributed by atoms with van der Waals surface area (Å²) in [4.78, 5) is 4.68. The van der Waals surface area contributed by atoms with E-state index in [0.29, 0.717) is 5.82 Å². The van der Waals surface area contributed by atoms with Crippen LogP contribution in [0.25, 0.3) is 22.3 Å². The molecule has 2 aromatic heterocycles. The smallest absolute Gasteiger partial charge is 0.269 e. The molecule has 138 valence electrons. The van der Waals surface area contributed by atoms with Crippen LogP contribution in [0.3, 0.4) is 0 Å². The molecular formula is C21H21N3O2S. The van der Waals surface area contributed by atoms with Gasteiger partial charge in [-0.15, -0.1) is 0 Å². The molecule has 0 aliphatic heterocycles. The molecule has 0 aliphatic carbocycles. The zero-order valence-electron chi connectivity index (χ0n) is 15.5. The maximum atomic E-state index is 13.2. The third-order valence-electron chi connectivity index (χ3n) is 4.96. The van der Waals surface area contributed by atoms with E-state index in [1.165, 1.54) is 10.2 Å². The molecule has 0 atom stereocenters. The highest BCUT2D eigenvalue weighted by Crippen LogP contribution is 2.35.